The molecule has 0 radical (unpaired) electrons. The van der Waals surface area contributed by atoms with Crippen LogP contribution < -0.4 is 10.1 Å². The minimum atomic E-state index is 0.384. The predicted octanol–water partition coefficient (Wildman–Crippen LogP) is 6.77. The van der Waals surface area contributed by atoms with E-state index >= 15 is 0 Å². The Morgan fingerprint density at radius 2 is 2.07 bits per heavy atom. The van der Waals surface area contributed by atoms with Crippen LogP contribution in [0.2, 0.25) is 10.0 Å². The Morgan fingerprint density at radius 3 is 2.76 bits per heavy atom. The van der Waals surface area contributed by atoms with Crippen molar-refractivity contribution in [1.29, 1.82) is 5.26 Å². The number of fused-ring (bicyclic) bond motifs is 1. The molecule has 29 heavy (non-hydrogen) atoms. The van der Waals surface area contributed by atoms with Crippen molar-refractivity contribution in [3.63, 3.8) is 0 Å². The van der Waals surface area contributed by atoms with Gasteiger partial charge in [0.2, 0.25) is 0 Å². The number of halogens is 2. The van der Waals surface area contributed by atoms with E-state index < -0.39 is 0 Å². The number of pyridine rings is 1. The fourth-order valence-electron chi connectivity index (χ4n) is 2.79. The molecule has 0 saturated carbocycles. The molecular formula is C20H11Cl2N3O2S2. The van der Waals surface area contributed by atoms with E-state index in [0.717, 1.165) is 26.9 Å². The summed E-state index contributed by atoms with van der Waals surface area (Å²) in [5.41, 5.74) is 3.23. The molecule has 9 heteroatoms. The number of nitrogens with zero attached hydrogens (tertiary/aromatic N) is 2. The van der Waals surface area contributed by atoms with Crippen LogP contribution in [0.1, 0.15) is 15.2 Å². The molecule has 3 aromatic heterocycles. The number of thiophene rings is 2. The van der Waals surface area contributed by atoms with E-state index in [0.29, 0.717) is 37.6 Å². The van der Waals surface area contributed by atoms with Gasteiger partial charge in [-0.2, -0.15) is 5.26 Å². The van der Waals surface area contributed by atoms with Crippen LogP contribution in [0.5, 0.6) is 5.75 Å². The second-order valence-corrected chi connectivity index (χ2v) is 8.74. The Morgan fingerprint density at radius 1 is 1.24 bits per heavy atom. The van der Waals surface area contributed by atoms with Gasteiger partial charge in [-0.25, -0.2) is 0 Å². The van der Waals surface area contributed by atoms with Gasteiger partial charge in [0.25, 0.3) is 0 Å². The van der Waals surface area contributed by atoms with Crippen LogP contribution >= 0.6 is 45.9 Å². The lowest BCUT2D eigenvalue weighted by Crippen LogP contribution is -1.97. The van der Waals surface area contributed by atoms with Crippen molar-refractivity contribution in [3.05, 3.63) is 56.3 Å². The molecular weight excluding hydrogens is 449 g/mol. The Kier molecular flexibility index (Phi) is 5.43. The first kappa shape index (κ1) is 19.7. The van der Waals surface area contributed by atoms with Gasteiger partial charge >= 0.3 is 0 Å². The number of nitrogens with one attached hydrogen (secondary N) is 1. The van der Waals surface area contributed by atoms with Crippen molar-refractivity contribution >= 4 is 73.8 Å². The highest BCUT2D eigenvalue weighted by atomic mass is 35.5. The first-order valence-corrected chi connectivity index (χ1v) is 10.7. The van der Waals surface area contributed by atoms with Crippen LogP contribution in [0.4, 0.5) is 11.4 Å². The van der Waals surface area contributed by atoms with E-state index in [4.69, 9.17) is 27.9 Å². The molecule has 0 aliphatic carbocycles. The van der Waals surface area contributed by atoms with E-state index in [-0.39, 0.29) is 0 Å². The SMILES string of the molecule is COc1cc(Nc2c(C#N)cnc3cc(-c4csc(C=O)c4)sc23)c(Cl)cc1Cl. The van der Waals surface area contributed by atoms with Crippen LogP contribution in [0.25, 0.3) is 20.7 Å². The van der Waals surface area contributed by atoms with Crippen LogP contribution in [0.15, 0.2) is 35.8 Å². The number of carbonyl (C=O) groups excluding carboxylic acids is 1. The fourth-order valence-corrected chi connectivity index (χ4v) is 5.18. The summed E-state index contributed by atoms with van der Waals surface area (Å²) >= 11 is 15.3. The van der Waals surface area contributed by atoms with Gasteiger partial charge in [-0.3, -0.25) is 9.78 Å². The molecule has 1 aromatic carbocycles. The van der Waals surface area contributed by atoms with E-state index in [2.05, 4.69) is 16.4 Å². The molecule has 0 aliphatic rings. The zero-order valence-corrected chi connectivity index (χ0v) is 18.0. The lowest BCUT2D eigenvalue weighted by Gasteiger charge is -2.13. The summed E-state index contributed by atoms with van der Waals surface area (Å²) in [5.74, 6) is 0.467. The Hall–Kier alpha value is -2.63. The second kappa shape index (κ2) is 8.01. The van der Waals surface area contributed by atoms with Crippen LogP contribution in [-0.4, -0.2) is 18.4 Å². The maximum atomic E-state index is 11.0. The largest absolute Gasteiger partial charge is 0.495 e. The summed E-state index contributed by atoms with van der Waals surface area (Å²) in [6.45, 7) is 0. The molecule has 4 rings (SSSR count). The number of ether oxygens (including phenoxy) is 1. The van der Waals surface area contributed by atoms with Gasteiger partial charge in [0.15, 0.2) is 6.29 Å². The minimum Gasteiger partial charge on any atom is -0.495 e. The van der Waals surface area contributed by atoms with Crippen molar-refractivity contribution < 1.29 is 9.53 Å². The third-order valence-electron chi connectivity index (χ3n) is 4.18. The van der Waals surface area contributed by atoms with Crippen molar-refractivity contribution in [2.24, 2.45) is 0 Å². The van der Waals surface area contributed by atoms with Crippen LogP contribution in [0.3, 0.4) is 0 Å². The molecule has 0 unspecified atom stereocenters. The number of aromatic nitrogens is 1. The zero-order chi connectivity index (χ0) is 20.5. The lowest BCUT2D eigenvalue weighted by molar-refractivity contribution is 0.112. The molecule has 0 saturated heterocycles. The molecule has 0 spiro atoms. The highest BCUT2D eigenvalue weighted by molar-refractivity contribution is 7.23. The number of methoxy groups -OCH3 is 1. The maximum Gasteiger partial charge on any atom is 0.160 e. The quantitative estimate of drug-likeness (QED) is 0.333. The van der Waals surface area contributed by atoms with Gasteiger partial charge in [-0.05, 0) is 18.2 Å². The van der Waals surface area contributed by atoms with Gasteiger partial charge in [0.05, 0.1) is 49.2 Å². The molecule has 3 heterocycles. The van der Waals surface area contributed by atoms with Crippen molar-refractivity contribution in [1.82, 2.24) is 4.98 Å². The molecule has 0 fully saturated rings. The number of carbonyl (C=O) groups is 1. The normalized spacial score (nSPS) is 10.7. The van der Waals surface area contributed by atoms with E-state index in [9.17, 15) is 10.1 Å². The van der Waals surface area contributed by atoms with Gasteiger partial charge in [-0.15, -0.1) is 22.7 Å². The third kappa shape index (κ3) is 3.68. The average molecular weight is 460 g/mol. The first-order valence-electron chi connectivity index (χ1n) is 8.20. The molecule has 5 nitrogen and oxygen atoms in total. The zero-order valence-electron chi connectivity index (χ0n) is 14.8. The summed E-state index contributed by atoms with van der Waals surface area (Å²) < 4.78 is 6.07. The maximum absolute atomic E-state index is 11.0. The van der Waals surface area contributed by atoms with E-state index in [1.165, 1.54) is 36.0 Å². The standard InChI is InChI=1S/C20H11Cl2N3O2S2/c1-27-17-4-15(13(21)3-14(17)22)25-19-11(6-23)7-24-16-5-18(29-20(16)19)10-2-12(8-26)28-9-10/h2-5,7-9H,1H3,(H,24,25). The Balaban J connectivity index is 1.85. The number of rotatable bonds is 5. The number of anilines is 2. The molecule has 1 N–H and O–H groups in total. The van der Waals surface area contributed by atoms with Crippen LogP contribution in [-0.2, 0) is 0 Å². The van der Waals surface area contributed by atoms with Crippen molar-refractivity contribution in [3.8, 4) is 22.3 Å². The van der Waals surface area contributed by atoms with Crippen LogP contribution in [0, 0.1) is 11.3 Å². The van der Waals surface area contributed by atoms with Gasteiger partial charge in [-0.1, -0.05) is 23.2 Å². The third-order valence-corrected chi connectivity index (χ3v) is 6.84. The smallest absolute Gasteiger partial charge is 0.160 e. The lowest BCUT2D eigenvalue weighted by atomic mass is 10.2. The first-order chi connectivity index (χ1) is 14.0. The van der Waals surface area contributed by atoms with Gasteiger partial charge in [0.1, 0.15) is 11.8 Å². The molecule has 144 valence electrons. The number of hydrogen-bond acceptors (Lipinski definition) is 7. The summed E-state index contributed by atoms with van der Waals surface area (Å²) in [6.07, 6.45) is 2.35. The van der Waals surface area contributed by atoms with Gasteiger partial charge in [0, 0.05) is 28.1 Å². The topological polar surface area (TPSA) is 75.0 Å². The summed E-state index contributed by atoms with van der Waals surface area (Å²) in [4.78, 5) is 17.0. The summed E-state index contributed by atoms with van der Waals surface area (Å²) in [5, 5.41) is 15.5. The highest BCUT2D eigenvalue weighted by Crippen LogP contribution is 2.42. The minimum absolute atomic E-state index is 0.384. The number of benzene rings is 1. The molecule has 0 amide bonds. The van der Waals surface area contributed by atoms with Crippen molar-refractivity contribution in [2.45, 2.75) is 0 Å². The molecule has 0 bridgehead atoms. The fraction of sp³-hybridized carbons (Fsp3) is 0.0500. The summed E-state index contributed by atoms with van der Waals surface area (Å²) in [7, 11) is 1.52. The molecule has 4 aromatic rings. The average Bonchev–Trinajstić information content (AvgIpc) is 3.36. The number of hydrogen-bond donors (Lipinski definition) is 1. The Bertz CT molecular complexity index is 1290. The van der Waals surface area contributed by atoms with E-state index in [1.807, 2.05) is 17.5 Å². The number of nitriles is 1. The number of aldehydes is 1. The summed E-state index contributed by atoms with van der Waals surface area (Å²) in [6, 6.07) is 9.21. The van der Waals surface area contributed by atoms with Gasteiger partial charge < -0.3 is 10.1 Å². The predicted molar refractivity (Wildman–Crippen MR) is 119 cm³/mol. The molecule has 0 aliphatic heterocycles. The van der Waals surface area contributed by atoms with Crippen molar-refractivity contribution in [2.75, 3.05) is 12.4 Å². The molecule has 0 atom stereocenters. The monoisotopic (exact) mass is 459 g/mol. The second-order valence-electron chi connectivity index (χ2n) is 5.93. The van der Waals surface area contributed by atoms with E-state index in [1.54, 1.807) is 12.1 Å². The highest BCUT2D eigenvalue weighted by Gasteiger charge is 2.17. The Labute approximate surface area is 184 Å².